The second kappa shape index (κ2) is 10.6. The number of para-hydroxylation sites is 1. The van der Waals surface area contributed by atoms with E-state index in [4.69, 9.17) is 0 Å². The molecule has 5 amide bonds. The Balaban J connectivity index is 1.38. The van der Waals surface area contributed by atoms with Gasteiger partial charge in [-0.05, 0) is 41.8 Å². The smallest absolute Gasteiger partial charge is 0.406 e. The van der Waals surface area contributed by atoms with Crippen LogP contribution in [0.15, 0.2) is 78.9 Å². The molecule has 3 aliphatic rings. The molecule has 1 N–H and O–H groups in total. The normalized spacial score (nSPS) is 24.8. The molecule has 3 aromatic carbocycles. The lowest BCUT2D eigenvalue weighted by molar-refractivity contribution is -0.274. The van der Waals surface area contributed by atoms with Crippen molar-refractivity contribution in [3.8, 4) is 5.75 Å². The lowest BCUT2D eigenvalue weighted by atomic mass is 9.78. The molecular formula is C31H28F4N4O4. The number of imide groups is 1. The minimum Gasteiger partial charge on any atom is -0.406 e. The average Bonchev–Trinajstić information content (AvgIpc) is 3.55. The van der Waals surface area contributed by atoms with Crippen LogP contribution in [0.25, 0.3) is 0 Å². The third-order valence-corrected chi connectivity index (χ3v) is 8.67. The minimum atomic E-state index is -4.86. The highest BCUT2D eigenvalue weighted by Crippen LogP contribution is 2.59. The molecule has 8 nitrogen and oxygen atoms in total. The van der Waals surface area contributed by atoms with E-state index in [1.807, 2.05) is 13.0 Å². The van der Waals surface area contributed by atoms with Crippen molar-refractivity contribution in [3.05, 3.63) is 95.8 Å². The molecule has 3 saturated heterocycles. The number of hydrogen-bond donors (Lipinski definition) is 1. The number of alkyl halides is 3. The standard InChI is InChI=1S/C31H28F4N4O4/c1-2-23-24-17-37(28(41)36-21-9-4-3-5-10-21)18-30(24)27(40)38(16-20-8-6-7-11-25(20)32)29(42)39(30)26(23)19-12-14-22(15-13-19)43-31(33,34)35/h3-15,23-24,26H,2,16-18H2,1H3,(H,36,41)/t23-,24+,26+,30+/m1/s1. The maximum Gasteiger partial charge on any atom is 0.573 e. The summed E-state index contributed by atoms with van der Waals surface area (Å²) in [5, 5.41) is 2.84. The molecule has 3 fully saturated rings. The van der Waals surface area contributed by atoms with Crippen molar-refractivity contribution >= 4 is 23.7 Å². The molecule has 0 aliphatic carbocycles. The number of urea groups is 2. The summed E-state index contributed by atoms with van der Waals surface area (Å²) in [7, 11) is 0. The van der Waals surface area contributed by atoms with Crippen LogP contribution in [0, 0.1) is 17.7 Å². The molecule has 3 aliphatic heterocycles. The molecule has 0 bridgehead atoms. The van der Waals surface area contributed by atoms with Gasteiger partial charge in [0.05, 0.1) is 19.1 Å². The molecule has 224 valence electrons. The lowest BCUT2D eigenvalue weighted by Gasteiger charge is -2.33. The quantitative estimate of drug-likeness (QED) is 0.273. The Morgan fingerprint density at radius 1 is 1.00 bits per heavy atom. The predicted molar refractivity (Wildman–Crippen MR) is 147 cm³/mol. The Morgan fingerprint density at radius 2 is 1.67 bits per heavy atom. The molecule has 3 heterocycles. The van der Waals surface area contributed by atoms with Gasteiger partial charge >= 0.3 is 18.4 Å². The number of benzene rings is 3. The number of nitrogens with one attached hydrogen (secondary N) is 1. The number of carbonyl (C=O) groups excluding carboxylic acids is 3. The Kier molecular flexibility index (Phi) is 7.02. The highest BCUT2D eigenvalue weighted by Gasteiger charge is 2.73. The molecule has 43 heavy (non-hydrogen) atoms. The first-order valence-corrected chi connectivity index (χ1v) is 13.9. The van der Waals surface area contributed by atoms with Gasteiger partial charge in [0, 0.05) is 23.7 Å². The van der Waals surface area contributed by atoms with E-state index in [2.05, 4.69) is 10.1 Å². The van der Waals surface area contributed by atoms with Gasteiger partial charge in [-0.1, -0.05) is 61.9 Å². The molecule has 0 unspecified atom stereocenters. The van der Waals surface area contributed by atoms with Crippen LogP contribution in [0.3, 0.4) is 0 Å². The van der Waals surface area contributed by atoms with Crippen LogP contribution in [-0.4, -0.2) is 57.7 Å². The van der Waals surface area contributed by atoms with Crippen LogP contribution in [0.1, 0.15) is 30.5 Å². The summed E-state index contributed by atoms with van der Waals surface area (Å²) in [6.07, 6.45) is -4.34. The minimum absolute atomic E-state index is 0.0864. The number of nitrogens with zero attached hydrogens (tertiary/aromatic N) is 3. The van der Waals surface area contributed by atoms with Crippen molar-refractivity contribution in [2.75, 3.05) is 18.4 Å². The second-order valence-electron chi connectivity index (χ2n) is 11.0. The average molecular weight is 597 g/mol. The van der Waals surface area contributed by atoms with Crippen LogP contribution in [0.5, 0.6) is 5.75 Å². The van der Waals surface area contributed by atoms with Crippen LogP contribution in [-0.2, 0) is 11.3 Å². The van der Waals surface area contributed by atoms with E-state index < -0.39 is 53.4 Å². The van der Waals surface area contributed by atoms with E-state index in [0.29, 0.717) is 17.7 Å². The van der Waals surface area contributed by atoms with Crippen molar-refractivity contribution < 1.29 is 36.7 Å². The number of likely N-dealkylation sites (tertiary alicyclic amines) is 1. The molecule has 3 aromatic rings. The molecule has 1 spiro atoms. The molecule has 12 heteroatoms. The second-order valence-corrected chi connectivity index (χ2v) is 11.0. The summed E-state index contributed by atoms with van der Waals surface area (Å²) in [4.78, 5) is 45.8. The first kappa shape index (κ1) is 28.5. The number of amides is 5. The number of ether oxygens (including phenoxy) is 1. The van der Waals surface area contributed by atoms with Crippen LogP contribution >= 0.6 is 0 Å². The Labute approximate surface area is 244 Å². The first-order valence-electron chi connectivity index (χ1n) is 13.9. The largest absolute Gasteiger partial charge is 0.573 e. The number of carbonyl (C=O) groups is 3. The fraction of sp³-hybridized carbons (Fsp3) is 0.323. The van der Waals surface area contributed by atoms with Gasteiger partial charge in [0.25, 0.3) is 5.91 Å². The zero-order chi connectivity index (χ0) is 30.5. The van der Waals surface area contributed by atoms with E-state index in [1.54, 1.807) is 30.3 Å². The number of hydrogen-bond acceptors (Lipinski definition) is 4. The van der Waals surface area contributed by atoms with Crippen molar-refractivity contribution in [2.45, 2.75) is 37.8 Å². The SMILES string of the molecule is CC[C@H]1[C@H](c2ccc(OC(F)(F)F)cc2)N2C(=O)N(Cc3ccccc3F)C(=O)[C@@]23CN(C(=O)Nc2ccccc2)C[C@@H]13. The Bertz CT molecular complexity index is 1550. The first-order chi connectivity index (χ1) is 20.5. The van der Waals surface area contributed by atoms with Crippen molar-refractivity contribution in [1.29, 1.82) is 0 Å². The zero-order valence-electron chi connectivity index (χ0n) is 23.1. The monoisotopic (exact) mass is 596 g/mol. The van der Waals surface area contributed by atoms with Gasteiger partial charge < -0.3 is 15.0 Å². The summed E-state index contributed by atoms with van der Waals surface area (Å²) in [5.74, 6) is -2.28. The van der Waals surface area contributed by atoms with E-state index in [-0.39, 0.29) is 31.1 Å². The third-order valence-electron chi connectivity index (χ3n) is 8.67. The highest BCUT2D eigenvalue weighted by molar-refractivity contribution is 6.09. The van der Waals surface area contributed by atoms with E-state index in [9.17, 15) is 31.9 Å². The summed E-state index contributed by atoms with van der Waals surface area (Å²) in [6, 6.07) is 18.2. The molecule has 0 aromatic heterocycles. The highest BCUT2D eigenvalue weighted by atomic mass is 19.4. The van der Waals surface area contributed by atoms with Gasteiger partial charge in [0.15, 0.2) is 0 Å². The van der Waals surface area contributed by atoms with Crippen molar-refractivity contribution in [2.24, 2.45) is 11.8 Å². The van der Waals surface area contributed by atoms with Gasteiger partial charge in [-0.3, -0.25) is 14.6 Å². The molecule has 0 saturated carbocycles. The van der Waals surface area contributed by atoms with Crippen LogP contribution in [0.4, 0.5) is 32.8 Å². The summed E-state index contributed by atoms with van der Waals surface area (Å²) in [6.45, 7) is 1.70. The van der Waals surface area contributed by atoms with E-state index in [1.165, 1.54) is 52.3 Å². The van der Waals surface area contributed by atoms with Gasteiger partial charge in [-0.2, -0.15) is 0 Å². The van der Waals surface area contributed by atoms with Gasteiger partial charge in [-0.25, -0.2) is 14.0 Å². The topological polar surface area (TPSA) is 82.2 Å². The van der Waals surface area contributed by atoms with E-state index >= 15 is 0 Å². The third kappa shape index (κ3) is 4.84. The summed E-state index contributed by atoms with van der Waals surface area (Å²) >= 11 is 0. The molecule has 6 rings (SSSR count). The van der Waals surface area contributed by atoms with Crippen LogP contribution < -0.4 is 10.1 Å². The summed E-state index contributed by atoms with van der Waals surface area (Å²) in [5.41, 5.74) is -0.167. The fourth-order valence-electron chi connectivity index (χ4n) is 6.92. The Morgan fingerprint density at radius 3 is 2.33 bits per heavy atom. The fourth-order valence-corrected chi connectivity index (χ4v) is 6.92. The van der Waals surface area contributed by atoms with Gasteiger partial charge in [0.2, 0.25) is 0 Å². The van der Waals surface area contributed by atoms with Crippen LogP contribution in [0.2, 0.25) is 0 Å². The van der Waals surface area contributed by atoms with Gasteiger partial charge in [-0.15, -0.1) is 13.2 Å². The van der Waals surface area contributed by atoms with Crippen molar-refractivity contribution in [3.63, 3.8) is 0 Å². The van der Waals surface area contributed by atoms with Gasteiger partial charge in [0.1, 0.15) is 17.1 Å². The maximum absolute atomic E-state index is 14.6. The molecule has 0 radical (unpaired) electrons. The predicted octanol–water partition coefficient (Wildman–Crippen LogP) is 6.17. The summed E-state index contributed by atoms with van der Waals surface area (Å²) < 4.78 is 57.0. The van der Waals surface area contributed by atoms with E-state index in [0.717, 1.165) is 4.90 Å². The zero-order valence-corrected chi connectivity index (χ0v) is 23.1. The number of rotatable bonds is 6. The molecular weight excluding hydrogens is 568 g/mol. The lowest BCUT2D eigenvalue weighted by Crippen LogP contribution is -2.52. The number of anilines is 1. The van der Waals surface area contributed by atoms with Crippen molar-refractivity contribution in [1.82, 2.24) is 14.7 Å². The molecule has 4 atom stereocenters. The number of halogens is 4. The maximum atomic E-state index is 14.6. The Hall–Kier alpha value is -4.61.